The van der Waals surface area contributed by atoms with Crippen LogP contribution in [0.3, 0.4) is 0 Å². The van der Waals surface area contributed by atoms with Gasteiger partial charge in [-0.25, -0.2) is 0 Å². The number of hydrogen-bond donors (Lipinski definition) is 3. The highest BCUT2D eigenvalue weighted by atomic mass is 16.3. The van der Waals surface area contributed by atoms with Gasteiger partial charge >= 0.3 is 0 Å². The van der Waals surface area contributed by atoms with Gasteiger partial charge in [0.1, 0.15) is 5.75 Å². The number of carbonyl (C=O) groups is 2. The number of amides is 2. The summed E-state index contributed by atoms with van der Waals surface area (Å²) in [5.74, 6) is 0.0657. The van der Waals surface area contributed by atoms with Crippen molar-refractivity contribution in [2.24, 2.45) is 0 Å². The summed E-state index contributed by atoms with van der Waals surface area (Å²) in [6.07, 6.45) is 18.4. The number of phenols is 1. The van der Waals surface area contributed by atoms with E-state index in [1.54, 1.807) is 30.4 Å². The van der Waals surface area contributed by atoms with E-state index >= 15 is 0 Å². The summed E-state index contributed by atoms with van der Waals surface area (Å²) in [7, 11) is 0. The van der Waals surface area contributed by atoms with Crippen molar-refractivity contribution in [2.75, 3.05) is 13.1 Å². The molecule has 0 bridgehead atoms. The van der Waals surface area contributed by atoms with Gasteiger partial charge in [0.25, 0.3) is 0 Å². The topological polar surface area (TPSA) is 78.4 Å². The zero-order valence-corrected chi connectivity index (χ0v) is 20.8. The first-order valence-corrected chi connectivity index (χ1v) is 12.9. The van der Waals surface area contributed by atoms with Gasteiger partial charge in [0, 0.05) is 25.2 Å². The third-order valence-corrected chi connectivity index (χ3v) is 5.73. The van der Waals surface area contributed by atoms with E-state index in [9.17, 15) is 14.7 Å². The molecule has 0 unspecified atom stereocenters. The van der Waals surface area contributed by atoms with Gasteiger partial charge in [-0.15, -0.1) is 0 Å². The fraction of sp³-hybridized carbons (Fsp3) is 0.400. The van der Waals surface area contributed by atoms with Crippen molar-refractivity contribution in [2.45, 2.75) is 64.2 Å². The molecule has 0 fully saturated rings. The number of aromatic hydroxyl groups is 1. The molecule has 0 aliphatic rings. The fourth-order valence-corrected chi connectivity index (χ4v) is 3.74. The Morgan fingerprint density at radius 3 is 1.57 bits per heavy atom. The third kappa shape index (κ3) is 14.5. The van der Waals surface area contributed by atoms with Crippen LogP contribution in [0.1, 0.15) is 75.3 Å². The van der Waals surface area contributed by atoms with Crippen molar-refractivity contribution in [1.29, 1.82) is 0 Å². The van der Waals surface area contributed by atoms with Gasteiger partial charge in [0.05, 0.1) is 0 Å². The number of unbranched alkanes of at least 4 members (excludes halogenated alkanes) is 9. The Bertz CT molecular complexity index is 922. The highest BCUT2D eigenvalue weighted by Crippen LogP contribution is 2.12. The van der Waals surface area contributed by atoms with E-state index in [1.165, 1.54) is 44.6 Å². The number of rotatable bonds is 17. The Morgan fingerprint density at radius 1 is 0.600 bits per heavy atom. The monoisotopic (exact) mass is 476 g/mol. The molecule has 35 heavy (non-hydrogen) atoms. The molecule has 0 aliphatic carbocycles. The van der Waals surface area contributed by atoms with Gasteiger partial charge < -0.3 is 15.7 Å². The highest BCUT2D eigenvalue weighted by Gasteiger charge is 1.98. The maximum atomic E-state index is 11.8. The lowest BCUT2D eigenvalue weighted by Gasteiger charge is -2.04. The van der Waals surface area contributed by atoms with E-state index in [4.69, 9.17) is 0 Å². The minimum atomic E-state index is -0.100. The summed E-state index contributed by atoms with van der Waals surface area (Å²) in [6, 6.07) is 16.7. The van der Waals surface area contributed by atoms with Gasteiger partial charge in [-0.2, -0.15) is 0 Å². The first kappa shape index (κ1) is 27.9. The predicted octanol–water partition coefficient (Wildman–Crippen LogP) is 6.25. The van der Waals surface area contributed by atoms with Crippen molar-refractivity contribution in [3.8, 4) is 5.75 Å². The first-order valence-electron chi connectivity index (χ1n) is 12.9. The summed E-state index contributed by atoms with van der Waals surface area (Å²) in [5.41, 5.74) is 1.84. The molecule has 188 valence electrons. The normalized spacial score (nSPS) is 11.2. The largest absolute Gasteiger partial charge is 0.508 e. The van der Waals surface area contributed by atoms with Crippen molar-refractivity contribution in [1.82, 2.24) is 10.6 Å². The summed E-state index contributed by atoms with van der Waals surface area (Å²) in [6.45, 7) is 1.43. The lowest BCUT2D eigenvalue weighted by molar-refractivity contribution is -0.117. The van der Waals surface area contributed by atoms with Crippen molar-refractivity contribution < 1.29 is 14.7 Å². The van der Waals surface area contributed by atoms with Gasteiger partial charge in [-0.3, -0.25) is 9.59 Å². The van der Waals surface area contributed by atoms with Crippen LogP contribution in [0.15, 0.2) is 66.7 Å². The minimum absolute atomic E-state index is 0.0294. The van der Waals surface area contributed by atoms with Gasteiger partial charge in [0.15, 0.2) is 0 Å². The van der Waals surface area contributed by atoms with Crippen LogP contribution in [0.4, 0.5) is 0 Å². The molecule has 0 saturated heterocycles. The Hall–Kier alpha value is -3.34. The lowest BCUT2D eigenvalue weighted by Crippen LogP contribution is -2.21. The van der Waals surface area contributed by atoms with E-state index in [0.717, 1.165) is 43.4 Å². The summed E-state index contributed by atoms with van der Waals surface area (Å²) in [4.78, 5) is 23.6. The van der Waals surface area contributed by atoms with Crippen LogP contribution in [0.2, 0.25) is 0 Å². The molecule has 0 saturated carbocycles. The fourth-order valence-electron chi connectivity index (χ4n) is 3.74. The highest BCUT2D eigenvalue weighted by molar-refractivity contribution is 5.92. The maximum absolute atomic E-state index is 11.8. The molecule has 5 nitrogen and oxygen atoms in total. The van der Waals surface area contributed by atoms with E-state index in [2.05, 4.69) is 10.6 Å². The number of nitrogens with one attached hydrogen (secondary N) is 2. The van der Waals surface area contributed by atoms with Crippen LogP contribution in [0, 0.1) is 0 Å². The Labute approximate surface area is 210 Å². The molecule has 0 aromatic heterocycles. The summed E-state index contributed by atoms with van der Waals surface area (Å²) < 4.78 is 0. The Kier molecular flexibility index (Phi) is 14.4. The van der Waals surface area contributed by atoms with E-state index in [-0.39, 0.29) is 17.6 Å². The predicted molar refractivity (Wildman–Crippen MR) is 145 cm³/mol. The molecule has 2 rings (SSSR count). The molecule has 2 amide bonds. The van der Waals surface area contributed by atoms with Crippen molar-refractivity contribution >= 4 is 24.0 Å². The van der Waals surface area contributed by atoms with Crippen LogP contribution in [-0.2, 0) is 9.59 Å². The average Bonchev–Trinajstić information content (AvgIpc) is 2.87. The quantitative estimate of drug-likeness (QED) is 0.186. The molecule has 5 heteroatoms. The lowest BCUT2D eigenvalue weighted by atomic mass is 10.1. The first-order chi connectivity index (χ1) is 17.1. The van der Waals surface area contributed by atoms with Crippen LogP contribution >= 0.6 is 0 Å². The van der Waals surface area contributed by atoms with Gasteiger partial charge in [0.2, 0.25) is 11.8 Å². The standard InChI is InChI=1S/C30H40N2O3/c33-28-18-14-17-27(25-28)20-22-30(35)32-24-13-8-6-4-2-1-3-5-7-12-23-31-29(34)21-19-26-15-10-9-11-16-26/h9-11,14-22,25,33H,1-8,12-13,23-24H2,(H,31,34)(H,32,35)/b21-19+,22-20+. The average molecular weight is 477 g/mol. The van der Waals surface area contributed by atoms with Gasteiger partial charge in [-0.05, 0) is 48.3 Å². The molecule has 0 heterocycles. The minimum Gasteiger partial charge on any atom is -0.508 e. The maximum Gasteiger partial charge on any atom is 0.243 e. The molecule has 0 spiro atoms. The number of carbonyl (C=O) groups excluding carboxylic acids is 2. The van der Waals surface area contributed by atoms with Crippen LogP contribution in [-0.4, -0.2) is 30.0 Å². The zero-order chi connectivity index (χ0) is 25.0. The summed E-state index contributed by atoms with van der Waals surface area (Å²) in [5, 5.41) is 15.3. The number of phenolic OH excluding ortho intramolecular Hbond substituents is 1. The molecule has 2 aromatic carbocycles. The molecule has 0 atom stereocenters. The second-order valence-electron chi connectivity index (χ2n) is 8.79. The van der Waals surface area contributed by atoms with E-state index in [1.807, 2.05) is 42.5 Å². The molecular formula is C30H40N2O3. The van der Waals surface area contributed by atoms with Crippen LogP contribution < -0.4 is 10.6 Å². The Morgan fingerprint density at radius 2 is 1.06 bits per heavy atom. The number of benzene rings is 2. The third-order valence-electron chi connectivity index (χ3n) is 5.73. The van der Waals surface area contributed by atoms with E-state index in [0.29, 0.717) is 6.54 Å². The van der Waals surface area contributed by atoms with Crippen molar-refractivity contribution in [3.05, 3.63) is 77.9 Å². The second kappa shape index (κ2) is 18.0. The smallest absolute Gasteiger partial charge is 0.243 e. The molecular weight excluding hydrogens is 436 g/mol. The van der Waals surface area contributed by atoms with Gasteiger partial charge in [-0.1, -0.05) is 93.8 Å². The molecule has 3 N–H and O–H groups in total. The van der Waals surface area contributed by atoms with E-state index < -0.39 is 0 Å². The molecule has 0 aliphatic heterocycles. The number of hydrogen-bond acceptors (Lipinski definition) is 3. The second-order valence-corrected chi connectivity index (χ2v) is 8.79. The Balaban J connectivity index is 1.33. The van der Waals surface area contributed by atoms with Crippen LogP contribution in [0.5, 0.6) is 5.75 Å². The zero-order valence-electron chi connectivity index (χ0n) is 20.8. The van der Waals surface area contributed by atoms with Crippen molar-refractivity contribution in [3.63, 3.8) is 0 Å². The summed E-state index contributed by atoms with van der Waals surface area (Å²) >= 11 is 0. The SMILES string of the molecule is O=C(/C=C/c1ccccc1)NCCCCCCCCCCCCNC(=O)/C=C/c1cccc(O)c1. The molecule has 0 radical (unpaired) electrons. The van der Waals surface area contributed by atoms with Crippen LogP contribution in [0.25, 0.3) is 12.2 Å². The molecule has 2 aromatic rings.